The first-order valence-corrected chi connectivity index (χ1v) is 7.19. The molecule has 2 aromatic rings. The van der Waals surface area contributed by atoms with E-state index in [0.29, 0.717) is 6.04 Å². The van der Waals surface area contributed by atoms with Crippen LogP contribution >= 0.6 is 0 Å². The molecule has 1 heterocycles. The number of nitrogens with zero attached hydrogens (tertiary/aromatic N) is 4. The average molecular weight is 273 g/mol. The molecule has 5 heteroatoms. The van der Waals surface area contributed by atoms with Crippen LogP contribution in [-0.2, 0) is 19.9 Å². The van der Waals surface area contributed by atoms with Gasteiger partial charge in [0.1, 0.15) is 0 Å². The third-order valence-corrected chi connectivity index (χ3v) is 3.26. The van der Waals surface area contributed by atoms with Crippen molar-refractivity contribution in [2.45, 2.75) is 39.2 Å². The van der Waals surface area contributed by atoms with Gasteiger partial charge in [0.25, 0.3) is 0 Å². The van der Waals surface area contributed by atoms with E-state index in [1.807, 2.05) is 0 Å². The van der Waals surface area contributed by atoms with Crippen molar-refractivity contribution in [2.24, 2.45) is 7.05 Å². The number of aryl methyl sites for hydroxylation is 2. The summed E-state index contributed by atoms with van der Waals surface area (Å²) >= 11 is 0. The molecule has 2 rings (SSSR count). The van der Waals surface area contributed by atoms with Crippen LogP contribution in [0.4, 0.5) is 0 Å². The van der Waals surface area contributed by atoms with Crippen LogP contribution in [0, 0.1) is 6.92 Å². The van der Waals surface area contributed by atoms with Gasteiger partial charge in [0.15, 0.2) is 5.82 Å². The molecule has 108 valence electrons. The lowest BCUT2D eigenvalue weighted by atomic mass is 10.0. The predicted octanol–water partition coefficient (Wildman–Crippen LogP) is 1.67. The molecule has 0 spiro atoms. The maximum atomic E-state index is 4.27. The molecular weight excluding hydrogens is 250 g/mol. The molecule has 1 N–H and O–H groups in total. The van der Waals surface area contributed by atoms with Crippen LogP contribution in [0.1, 0.15) is 30.3 Å². The summed E-state index contributed by atoms with van der Waals surface area (Å²) in [6.07, 6.45) is 2.92. The first-order chi connectivity index (χ1) is 9.67. The fourth-order valence-electron chi connectivity index (χ4n) is 2.20. The molecule has 1 aromatic heterocycles. The number of tetrazole rings is 1. The molecule has 0 aliphatic carbocycles. The Bertz CT molecular complexity index is 517. The van der Waals surface area contributed by atoms with Gasteiger partial charge in [-0.2, -0.15) is 4.80 Å². The van der Waals surface area contributed by atoms with Crippen LogP contribution < -0.4 is 5.32 Å². The number of rotatable bonds is 7. The second kappa shape index (κ2) is 7.14. The van der Waals surface area contributed by atoms with Crippen molar-refractivity contribution in [3.05, 3.63) is 41.2 Å². The lowest BCUT2D eigenvalue weighted by molar-refractivity contribution is 0.494. The minimum Gasteiger partial charge on any atom is -0.313 e. The standard InChI is InChI=1S/C15H23N5/c1-4-9-16-14(11-15-17-19-20(3)18-15)10-13-7-5-12(2)6-8-13/h5-8,14,16H,4,9-11H2,1-3H3. The summed E-state index contributed by atoms with van der Waals surface area (Å²) in [4.78, 5) is 1.51. The van der Waals surface area contributed by atoms with Gasteiger partial charge < -0.3 is 5.32 Å². The van der Waals surface area contributed by atoms with Crippen LogP contribution in [0.3, 0.4) is 0 Å². The predicted molar refractivity (Wildman–Crippen MR) is 79.5 cm³/mol. The molecule has 0 saturated heterocycles. The van der Waals surface area contributed by atoms with Gasteiger partial charge in [0, 0.05) is 12.5 Å². The monoisotopic (exact) mass is 273 g/mol. The minimum atomic E-state index is 0.349. The molecule has 0 saturated carbocycles. The topological polar surface area (TPSA) is 55.6 Å². The molecule has 0 fully saturated rings. The fraction of sp³-hybridized carbons (Fsp3) is 0.533. The van der Waals surface area contributed by atoms with E-state index >= 15 is 0 Å². The van der Waals surface area contributed by atoms with E-state index in [4.69, 9.17) is 0 Å². The molecule has 1 atom stereocenters. The Morgan fingerprint density at radius 3 is 2.55 bits per heavy atom. The molecular formula is C15H23N5. The van der Waals surface area contributed by atoms with Crippen molar-refractivity contribution in [3.8, 4) is 0 Å². The van der Waals surface area contributed by atoms with E-state index in [1.165, 1.54) is 15.9 Å². The van der Waals surface area contributed by atoms with Gasteiger partial charge in [0.05, 0.1) is 7.05 Å². The Labute approximate surface area is 120 Å². The number of aromatic nitrogens is 4. The molecule has 0 aliphatic rings. The molecule has 0 radical (unpaired) electrons. The smallest absolute Gasteiger partial charge is 0.176 e. The summed E-state index contributed by atoms with van der Waals surface area (Å²) in [6, 6.07) is 9.06. The average Bonchev–Trinajstić information content (AvgIpc) is 2.84. The highest BCUT2D eigenvalue weighted by atomic mass is 15.6. The van der Waals surface area contributed by atoms with Crippen molar-refractivity contribution >= 4 is 0 Å². The summed E-state index contributed by atoms with van der Waals surface area (Å²) in [7, 11) is 1.80. The summed E-state index contributed by atoms with van der Waals surface area (Å²) in [5, 5.41) is 15.8. The third-order valence-electron chi connectivity index (χ3n) is 3.26. The van der Waals surface area contributed by atoms with Gasteiger partial charge in [-0.25, -0.2) is 0 Å². The number of hydrogen-bond donors (Lipinski definition) is 1. The quantitative estimate of drug-likeness (QED) is 0.834. The Kier molecular flexibility index (Phi) is 5.24. The second-order valence-corrected chi connectivity index (χ2v) is 5.24. The van der Waals surface area contributed by atoms with E-state index in [9.17, 15) is 0 Å². The normalized spacial score (nSPS) is 12.6. The molecule has 20 heavy (non-hydrogen) atoms. The summed E-state index contributed by atoms with van der Waals surface area (Å²) in [5.41, 5.74) is 2.63. The zero-order valence-electron chi connectivity index (χ0n) is 12.5. The van der Waals surface area contributed by atoms with Gasteiger partial charge in [-0.05, 0) is 37.1 Å². The highest BCUT2D eigenvalue weighted by molar-refractivity contribution is 5.22. The van der Waals surface area contributed by atoms with Gasteiger partial charge in [-0.3, -0.25) is 0 Å². The van der Waals surface area contributed by atoms with E-state index in [2.05, 4.69) is 58.8 Å². The summed E-state index contributed by atoms with van der Waals surface area (Å²) in [5.74, 6) is 0.799. The van der Waals surface area contributed by atoms with Gasteiger partial charge >= 0.3 is 0 Å². The maximum absolute atomic E-state index is 4.27. The Morgan fingerprint density at radius 1 is 1.20 bits per heavy atom. The molecule has 5 nitrogen and oxygen atoms in total. The van der Waals surface area contributed by atoms with Crippen LogP contribution in [-0.4, -0.2) is 32.8 Å². The number of nitrogens with one attached hydrogen (secondary N) is 1. The lowest BCUT2D eigenvalue weighted by Crippen LogP contribution is -2.34. The first-order valence-electron chi connectivity index (χ1n) is 7.19. The third kappa shape index (κ3) is 4.42. The lowest BCUT2D eigenvalue weighted by Gasteiger charge is -2.17. The minimum absolute atomic E-state index is 0.349. The molecule has 0 amide bonds. The van der Waals surface area contributed by atoms with E-state index in [1.54, 1.807) is 7.05 Å². The number of benzene rings is 1. The second-order valence-electron chi connectivity index (χ2n) is 5.24. The van der Waals surface area contributed by atoms with Crippen LogP contribution in [0.2, 0.25) is 0 Å². The van der Waals surface area contributed by atoms with Gasteiger partial charge in [0.2, 0.25) is 0 Å². The molecule has 0 bridgehead atoms. The highest BCUT2D eigenvalue weighted by Gasteiger charge is 2.13. The molecule has 1 unspecified atom stereocenters. The zero-order chi connectivity index (χ0) is 14.4. The Balaban J connectivity index is 2.00. The van der Waals surface area contributed by atoms with Crippen molar-refractivity contribution in [1.29, 1.82) is 0 Å². The highest BCUT2D eigenvalue weighted by Crippen LogP contribution is 2.08. The van der Waals surface area contributed by atoms with Gasteiger partial charge in [-0.15, -0.1) is 10.2 Å². The summed E-state index contributed by atoms with van der Waals surface area (Å²) in [6.45, 7) is 5.30. The summed E-state index contributed by atoms with van der Waals surface area (Å²) < 4.78 is 0. The van der Waals surface area contributed by atoms with Crippen LogP contribution in [0.15, 0.2) is 24.3 Å². The van der Waals surface area contributed by atoms with Crippen molar-refractivity contribution in [3.63, 3.8) is 0 Å². The van der Waals surface area contributed by atoms with Crippen molar-refractivity contribution in [2.75, 3.05) is 6.54 Å². The molecule has 0 aliphatic heterocycles. The van der Waals surface area contributed by atoms with E-state index in [0.717, 1.165) is 31.6 Å². The molecule has 1 aromatic carbocycles. The zero-order valence-corrected chi connectivity index (χ0v) is 12.5. The Hall–Kier alpha value is -1.75. The maximum Gasteiger partial charge on any atom is 0.176 e. The van der Waals surface area contributed by atoms with Crippen LogP contribution in [0.5, 0.6) is 0 Å². The largest absolute Gasteiger partial charge is 0.313 e. The fourth-order valence-corrected chi connectivity index (χ4v) is 2.20. The van der Waals surface area contributed by atoms with Crippen molar-refractivity contribution < 1.29 is 0 Å². The first kappa shape index (κ1) is 14.7. The van der Waals surface area contributed by atoms with E-state index < -0.39 is 0 Å². The van der Waals surface area contributed by atoms with E-state index in [-0.39, 0.29) is 0 Å². The SMILES string of the molecule is CCCNC(Cc1ccc(C)cc1)Cc1nnn(C)n1. The van der Waals surface area contributed by atoms with Gasteiger partial charge in [-0.1, -0.05) is 36.8 Å². The Morgan fingerprint density at radius 2 is 1.95 bits per heavy atom. The number of hydrogen-bond acceptors (Lipinski definition) is 4. The van der Waals surface area contributed by atoms with Crippen molar-refractivity contribution in [1.82, 2.24) is 25.5 Å². The van der Waals surface area contributed by atoms with Crippen LogP contribution in [0.25, 0.3) is 0 Å².